The third-order valence-electron chi connectivity index (χ3n) is 15.3. The molecule has 17 nitrogen and oxygen atoms in total. The minimum absolute atomic E-state index is 0.0695. The first-order chi connectivity index (χ1) is 46.7. The maximum atomic E-state index is 13.0. The molecule has 0 aromatic rings. The second kappa shape index (κ2) is 69.2. The summed E-state index contributed by atoms with van der Waals surface area (Å²) in [5.74, 6) is -2.34. The number of aliphatic hydroxyl groups excluding tert-OH is 1. The lowest BCUT2D eigenvalue weighted by Gasteiger charge is -2.21. The molecule has 0 aliphatic rings. The Morgan fingerprint density at radius 2 is 0.583 bits per heavy atom. The summed E-state index contributed by atoms with van der Waals surface area (Å²) in [6.45, 7) is 4.50. The number of ether oxygens (including phenoxy) is 4. The van der Waals surface area contributed by atoms with Crippen molar-refractivity contribution in [1.29, 1.82) is 0 Å². The van der Waals surface area contributed by atoms with Crippen LogP contribution in [0.5, 0.6) is 0 Å². The van der Waals surface area contributed by atoms with Crippen LogP contribution in [0.2, 0.25) is 0 Å². The van der Waals surface area contributed by atoms with E-state index in [0.29, 0.717) is 25.7 Å². The molecule has 0 radical (unpaired) electrons. The first-order valence-electron chi connectivity index (χ1n) is 37.1. The van der Waals surface area contributed by atoms with Gasteiger partial charge in [0.05, 0.1) is 32.8 Å². The molecule has 0 rings (SSSR count). The van der Waals surface area contributed by atoms with E-state index in [-0.39, 0.29) is 25.7 Å². The third kappa shape index (κ3) is 68.3. The lowest BCUT2D eigenvalue weighted by Crippen LogP contribution is -2.30. The van der Waals surface area contributed by atoms with Gasteiger partial charge in [0, 0.05) is 19.3 Å². The zero-order valence-corrected chi connectivity index (χ0v) is 61.8. The molecule has 0 amide bonds. The number of esters is 4. The molecule has 0 heterocycles. The first kappa shape index (κ1) is 91.7. The molecule has 552 valence electrons. The smallest absolute Gasteiger partial charge is 0.462 e. The van der Waals surface area contributed by atoms with E-state index >= 15 is 0 Å². The van der Waals surface area contributed by atoms with Gasteiger partial charge in [-0.2, -0.15) is 0 Å². The normalized spacial score (nSPS) is 14.6. The van der Waals surface area contributed by atoms with Crippen LogP contribution in [-0.2, 0) is 65.4 Å². The molecule has 19 heteroatoms. The van der Waals surface area contributed by atoms with Gasteiger partial charge >= 0.3 is 39.5 Å². The van der Waals surface area contributed by atoms with Crippen LogP contribution >= 0.6 is 15.6 Å². The highest BCUT2D eigenvalue weighted by Crippen LogP contribution is 2.45. The summed E-state index contributed by atoms with van der Waals surface area (Å²) in [5, 5.41) is 10.6. The van der Waals surface area contributed by atoms with Gasteiger partial charge in [0.25, 0.3) is 0 Å². The Labute approximate surface area is 581 Å². The van der Waals surface area contributed by atoms with Crippen molar-refractivity contribution in [3.05, 3.63) is 109 Å². The van der Waals surface area contributed by atoms with E-state index in [9.17, 15) is 43.2 Å². The predicted octanol–water partition coefficient (Wildman–Crippen LogP) is 21.0. The molecule has 0 saturated heterocycles. The summed E-state index contributed by atoms with van der Waals surface area (Å²) in [7, 11) is -9.97. The SMILES string of the molecule is CC/C=C\C/C=C\C/C=C\C/C=C\C/C=C\CC(=O)OCC(COP(=O)(O)OCC(O)COP(=O)(O)OCC(COC(=O)CCCCCC/C=C\C/C=C\C/C=C\C/C=C\CC)OC(=O)CCCCCCCCCCCCC)OC(=O)CCCCCCCCCCCCCCC. The Hall–Kier alpha value is -4.28. The lowest BCUT2D eigenvalue weighted by atomic mass is 10.0. The van der Waals surface area contributed by atoms with E-state index in [1.165, 1.54) is 89.9 Å². The number of phosphoric acid groups is 2. The fourth-order valence-electron chi connectivity index (χ4n) is 9.70. The fourth-order valence-corrected chi connectivity index (χ4v) is 11.3. The van der Waals surface area contributed by atoms with E-state index in [4.69, 9.17) is 37.0 Å². The zero-order chi connectivity index (χ0) is 70.4. The van der Waals surface area contributed by atoms with Crippen LogP contribution in [-0.4, -0.2) is 96.7 Å². The summed E-state index contributed by atoms with van der Waals surface area (Å²) in [5.41, 5.74) is 0. The summed E-state index contributed by atoms with van der Waals surface area (Å²) < 4.78 is 68.2. The standard InChI is InChI=1S/C77H132O17P2/c1-5-9-13-17-21-25-29-32-34-35-37-40-43-46-50-54-58-62-75(80)87-67-72(93-76(81)63-59-55-51-47-41-28-24-20-16-12-8-4)69-91-95(83,84)89-65-71(78)66-90-96(85,86)92-70-73(94-77(82)64-60-56-52-48-44-38-31-27-23-19-15-11-7-3)68-88-74(79)61-57-53-49-45-42-39-36-33-30-26-22-18-14-10-6-2/h9-10,13-14,21-22,25-26,32-34,36-37,40,42,45,53,57,71-73,78H,5-8,11-12,15-20,23-24,27-31,35,38-39,41,43-44,46-52,54-56,58-70H2,1-4H3,(H,83,84)(H,85,86)/b13-9-,14-10-,25-21-,26-22-,34-32-,36-33-,40-37-,45-42-,57-53-. The third-order valence-corrected chi connectivity index (χ3v) is 17.2. The Morgan fingerprint density at radius 1 is 0.312 bits per heavy atom. The van der Waals surface area contributed by atoms with Gasteiger partial charge in [-0.25, -0.2) is 9.13 Å². The van der Waals surface area contributed by atoms with Crippen molar-refractivity contribution < 1.29 is 80.2 Å². The van der Waals surface area contributed by atoms with Crippen molar-refractivity contribution >= 4 is 39.5 Å². The minimum atomic E-state index is -4.99. The Kier molecular flexibility index (Phi) is 66.1. The number of aliphatic hydroxyl groups is 1. The molecular weight excluding hydrogens is 1260 g/mol. The monoisotopic (exact) mass is 1390 g/mol. The molecular formula is C77H132O17P2. The molecule has 0 aliphatic carbocycles. The number of allylic oxidation sites excluding steroid dienone is 17. The van der Waals surface area contributed by atoms with Gasteiger partial charge in [-0.3, -0.25) is 37.3 Å². The van der Waals surface area contributed by atoms with Crippen LogP contribution in [0.4, 0.5) is 0 Å². The largest absolute Gasteiger partial charge is 0.472 e. The van der Waals surface area contributed by atoms with Gasteiger partial charge in [0.15, 0.2) is 12.2 Å². The number of carbonyl (C=O) groups excluding carboxylic acids is 4. The Bertz CT molecular complexity index is 2250. The van der Waals surface area contributed by atoms with Gasteiger partial charge in [-0.05, 0) is 89.9 Å². The second-order valence-corrected chi connectivity index (χ2v) is 27.4. The van der Waals surface area contributed by atoms with Gasteiger partial charge in [-0.15, -0.1) is 0 Å². The van der Waals surface area contributed by atoms with Gasteiger partial charge in [0.1, 0.15) is 19.3 Å². The number of hydrogen-bond donors (Lipinski definition) is 3. The van der Waals surface area contributed by atoms with Gasteiger partial charge in [0.2, 0.25) is 0 Å². The highest BCUT2D eigenvalue weighted by Gasteiger charge is 2.30. The van der Waals surface area contributed by atoms with E-state index in [1.807, 2.05) is 18.2 Å². The van der Waals surface area contributed by atoms with E-state index in [1.54, 1.807) is 6.08 Å². The van der Waals surface area contributed by atoms with Crippen LogP contribution in [0, 0.1) is 0 Å². The Morgan fingerprint density at radius 3 is 0.927 bits per heavy atom. The van der Waals surface area contributed by atoms with Crippen molar-refractivity contribution in [2.45, 2.75) is 316 Å². The summed E-state index contributed by atoms with van der Waals surface area (Å²) in [6, 6.07) is 0. The molecule has 0 saturated carbocycles. The van der Waals surface area contributed by atoms with Crippen molar-refractivity contribution in [3.63, 3.8) is 0 Å². The highest BCUT2D eigenvalue weighted by molar-refractivity contribution is 7.47. The molecule has 0 aromatic heterocycles. The maximum Gasteiger partial charge on any atom is 0.472 e. The maximum absolute atomic E-state index is 13.0. The van der Waals surface area contributed by atoms with E-state index in [0.717, 1.165) is 128 Å². The fraction of sp³-hybridized carbons (Fsp3) is 0.714. The van der Waals surface area contributed by atoms with Gasteiger partial charge in [-0.1, -0.05) is 291 Å². The summed E-state index contributed by atoms with van der Waals surface area (Å²) in [4.78, 5) is 72.6. The number of unbranched alkanes of at least 4 members (excludes halogenated alkanes) is 26. The van der Waals surface area contributed by atoms with Crippen LogP contribution in [0.3, 0.4) is 0 Å². The average molecular weight is 1390 g/mol. The summed E-state index contributed by atoms with van der Waals surface area (Å²) >= 11 is 0. The molecule has 0 aromatic carbocycles. The number of phosphoric ester groups is 2. The van der Waals surface area contributed by atoms with Crippen molar-refractivity contribution in [2.75, 3.05) is 39.6 Å². The van der Waals surface area contributed by atoms with Crippen LogP contribution < -0.4 is 0 Å². The zero-order valence-electron chi connectivity index (χ0n) is 60.0. The molecule has 96 heavy (non-hydrogen) atoms. The minimum Gasteiger partial charge on any atom is -0.462 e. The summed E-state index contributed by atoms with van der Waals surface area (Å²) in [6.07, 6.45) is 72.6. The van der Waals surface area contributed by atoms with Crippen molar-refractivity contribution in [3.8, 4) is 0 Å². The van der Waals surface area contributed by atoms with Crippen LogP contribution in [0.1, 0.15) is 297 Å². The number of hydrogen-bond acceptors (Lipinski definition) is 15. The molecule has 5 atom stereocenters. The van der Waals surface area contributed by atoms with Crippen molar-refractivity contribution in [1.82, 2.24) is 0 Å². The van der Waals surface area contributed by atoms with Crippen LogP contribution in [0.25, 0.3) is 0 Å². The number of carbonyl (C=O) groups is 4. The molecule has 5 unspecified atom stereocenters. The highest BCUT2D eigenvalue weighted by atomic mass is 31.2. The molecule has 0 bridgehead atoms. The predicted molar refractivity (Wildman–Crippen MR) is 390 cm³/mol. The molecule has 3 N–H and O–H groups in total. The quantitative estimate of drug-likeness (QED) is 0.0169. The molecule has 0 spiro atoms. The molecule has 0 aliphatic heterocycles. The first-order valence-corrected chi connectivity index (χ1v) is 40.1. The van der Waals surface area contributed by atoms with E-state index < -0.39 is 97.5 Å². The van der Waals surface area contributed by atoms with Crippen molar-refractivity contribution in [2.24, 2.45) is 0 Å². The average Bonchev–Trinajstić information content (AvgIpc) is 1.84. The lowest BCUT2D eigenvalue weighted by molar-refractivity contribution is -0.161. The second-order valence-electron chi connectivity index (χ2n) is 24.5. The molecule has 0 fully saturated rings. The van der Waals surface area contributed by atoms with E-state index in [2.05, 4.69) is 113 Å². The number of rotatable bonds is 69. The van der Waals surface area contributed by atoms with Crippen LogP contribution in [0.15, 0.2) is 109 Å². The Balaban J connectivity index is 5.39. The topological polar surface area (TPSA) is 237 Å². The van der Waals surface area contributed by atoms with Gasteiger partial charge < -0.3 is 33.8 Å².